The number of hydrogen-bond donors (Lipinski definition) is 4. The summed E-state index contributed by atoms with van der Waals surface area (Å²) in [7, 11) is -4.47. The van der Waals surface area contributed by atoms with E-state index in [9.17, 15) is 23.7 Å². The zero-order chi connectivity index (χ0) is 15.1. The SMILES string of the molecule is Cc1ccc(S(=O)(=O)C2(O)O[C@H](CO)[C@@H](O)[C@H]2O)cc1. The predicted octanol–water partition coefficient (Wildman–Crippen LogP) is -1.47. The normalized spacial score (nSPS) is 34.4. The maximum atomic E-state index is 12.4. The van der Waals surface area contributed by atoms with E-state index < -0.39 is 39.9 Å². The number of aryl methyl sites for hydroxylation is 1. The minimum Gasteiger partial charge on any atom is -0.394 e. The maximum Gasteiger partial charge on any atom is 0.306 e. The first-order valence-corrected chi connectivity index (χ1v) is 7.41. The van der Waals surface area contributed by atoms with Crippen LogP contribution in [0.25, 0.3) is 0 Å². The molecule has 1 aliphatic rings. The van der Waals surface area contributed by atoms with Gasteiger partial charge in [0.2, 0.25) is 9.84 Å². The molecule has 8 heteroatoms. The molecule has 0 amide bonds. The van der Waals surface area contributed by atoms with Crippen molar-refractivity contribution < 1.29 is 33.6 Å². The van der Waals surface area contributed by atoms with Gasteiger partial charge >= 0.3 is 5.12 Å². The van der Waals surface area contributed by atoms with E-state index >= 15 is 0 Å². The van der Waals surface area contributed by atoms with Crippen LogP contribution in [0.3, 0.4) is 0 Å². The number of aliphatic hydroxyl groups excluding tert-OH is 3. The molecular formula is C12H16O7S. The predicted molar refractivity (Wildman–Crippen MR) is 67.3 cm³/mol. The highest BCUT2D eigenvalue weighted by atomic mass is 32.2. The number of hydrogen-bond acceptors (Lipinski definition) is 7. The third-order valence-corrected chi connectivity index (χ3v) is 5.30. The number of aliphatic hydroxyl groups is 4. The molecule has 0 bridgehead atoms. The Bertz CT molecular complexity index is 582. The van der Waals surface area contributed by atoms with E-state index in [0.29, 0.717) is 0 Å². The Balaban J connectivity index is 2.46. The summed E-state index contributed by atoms with van der Waals surface area (Å²) >= 11 is 0. The fourth-order valence-corrected chi connectivity index (χ4v) is 3.57. The van der Waals surface area contributed by atoms with Crippen LogP contribution in [0.4, 0.5) is 0 Å². The van der Waals surface area contributed by atoms with E-state index in [1.807, 2.05) is 0 Å². The van der Waals surface area contributed by atoms with Crippen LogP contribution >= 0.6 is 0 Å². The lowest BCUT2D eigenvalue weighted by Crippen LogP contribution is -2.49. The van der Waals surface area contributed by atoms with Crippen molar-refractivity contribution in [2.45, 2.75) is 35.3 Å². The molecule has 4 N–H and O–H groups in total. The van der Waals surface area contributed by atoms with Crippen LogP contribution in [0.1, 0.15) is 5.56 Å². The van der Waals surface area contributed by atoms with E-state index in [1.54, 1.807) is 6.92 Å². The minimum atomic E-state index is -4.47. The largest absolute Gasteiger partial charge is 0.394 e. The molecule has 1 heterocycles. The standard InChI is InChI=1S/C12H16O7S/c1-7-2-4-8(5-3-7)20(17,18)12(16)11(15)10(14)9(6-13)19-12/h2-5,9-11,13-16H,6H2,1H3/t9-,10-,11-,12?/m1/s1. The quantitative estimate of drug-likeness (QED) is 0.537. The average Bonchev–Trinajstić information content (AvgIpc) is 2.65. The summed E-state index contributed by atoms with van der Waals surface area (Å²) in [5, 5.41) is 35.5. The Hall–Kier alpha value is -1.03. The Labute approximate surface area is 116 Å². The van der Waals surface area contributed by atoms with Gasteiger partial charge in [-0.25, -0.2) is 8.42 Å². The molecule has 4 atom stereocenters. The van der Waals surface area contributed by atoms with Crippen molar-refractivity contribution in [1.29, 1.82) is 0 Å². The van der Waals surface area contributed by atoms with Crippen LogP contribution in [0, 0.1) is 6.92 Å². The molecule has 0 aromatic heterocycles. The highest BCUT2D eigenvalue weighted by Gasteiger charge is 2.61. The molecule has 112 valence electrons. The molecule has 1 saturated heterocycles. The Morgan fingerprint density at radius 2 is 1.80 bits per heavy atom. The van der Waals surface area contributed by atoms with Crippen molar-refractivity contribution in [3.8, 4) is 0 Å². The van der Waals surface area contributed by atoms with Gasteiger partial charge in [-0.05, 0) is 19.1 Å². The fourth-order valence-electron chi connectivity index (χ4n) is 2.03. The second-order valence-corrected chi connectivity index (χ2v) is 6.78. The van der Waals surface area contributed by atoms with Crippen LogP contribution in [-0.2, 0) is 14.6 Å². The molecular weight excluding hydrogens is 288 g/mol. The lowest BCUT2D eigenvalue weighted by atomic mass is 10.1. The summed E-state index contributed by atoms with van der Waals surface area (Å²) in [5.41, 5.74) is 0.817. The molecule has 0 saturated carbocycles. The van der Waals surface area contributed by atoms with Gasteiger partial charge in [0.05, 0.1) is 11.5 Å². The van der Waals surface area contributed by atoms with Crippen molar-refractivity contribution in [3.05, 3.63) is 29.8 Å². The highest BCUT2D eigenvalue weighted by molar-refractivity contribution is 7.92. The van der Waals surface area contributed by atoms with Gasteiger partial charge in [-0.15, -0.1) is 0 Å². The molecule has 7 nitrogen and oxygen atoms in total. The van der Waals surface area contributed by atoms with Crippen molar-refractivity contribution in [2.24, 2.45) is 0 Å². The summed E-state index contributed by atoms with van der Waals surface area (Å²) in [5.74, 6) is 0. The van der Waals surface area contributed by atoms with Crippen LogP contribution in [0.15, 0.2) is 29.2 Å². The van der Waals surface area contributed by atoms with Gasteiger partial charge in [0.1, 0.15) is 12.2 Å². The first-order chi connectivity index (χ1) is 9.24. The lowest BCUT2D eigenvalue weighted by molar-refractivity contribution is -0.168. The number of ether oxygens (including phenoxy) is 1. The van der Waals surface area contributed by atoms with Gasteiger partial charge in [0.25, 0.3) is 0 Å². The van der Waals surface area contributed by atoms with Crippen LogP contribution < -0.4 is 0 Å². The van der Waals surface area contributed by atoms with Crippen LogP contribution in [0.5, 0.6) is 0 Å². The maximum absolute atomic E-state index is 12.4. The van der Waals surface area contributed by atoms with Gasteiger partial charge in [-0.3, -0.25) is 0 Å². The molecule has 0 spiro atoms. The van der Waals surface area contributed by atoms with Crippen molar-refractivity contribution in [1.82, 2.24) is 0 Å². The third kappa shape index (κ3) is 2.14. The van der Waals surface area contributed by atoms with E-state index in [2.05, 4.69) is 0 Å². The fraction of sp³-hybridized carbons (Fsp3) is 0.500. The van der Waals surface area contributed by atoms with Gasteiger partial charge in [0.15, 0.2) is 6.10 Å². The topological polar surface area (TPSA) is 124 Å². The molecule has 1 aliphatic heterocycles. The second-order valence-electron chi connectivity index (χ2n) is 4.72. The first kappa shape index (κ1) is 15.4. The molecule has 1 aromatic rings. The zero-order valence-corrected chi connectivity index (χ0v) is 11.5. The molecule has 1 aromatic carbocycles. The lowest BCUT2D eigenvalue weighted by Gasteiger charge is -2.25. The van der Waals surface area contributed by atoms with Crippen LogP contribution in [-0.4, -0.2) is 58.9 Å². The molecule has 2 rings (SSSR count). The summed E-state index contributed by atoms with van der Waals surface area (Å²) in [6.07, 6.45) is -5.16. The van der Waals surface area contributed by atoms with Gasteiger partial charge in [-0.1, -0.05) is 17.7 Å². The molecule has 1 unspecified atom stereocenters. The molecule has 1 fully saturated rings. The molecule has 0 radical (unpaired) electrons. The Morgan fingerprint density at radius 3 is 2.25 bits per heavy atom. The second kappa shape index (κ2) is 5.06. The van der Waals surface area contributed by atoms with Crippen molar-refractivity contribution >= 4 is 9.84 Å². The molecule has 0 aliphatic carbocycles. The number of sulfone groups is 1. The van der Waals surface area contributed by atoms with E-state index in [4.69, 9.17) is 9.84 Å². The van der Waals surface area contributed by atoms with E-state index in [-0.39, 0.29) is 4.90 Å². The number of benzene rings is 1. The summed E-state index contributed by atoms with van der Waals surface area (Å²) < 4.78 is 29.5. The van der Waals surface area contributed by atoms with E-state index in [0.717, 1.165) is 5.56 Å². The van der Waals surface area contributed by atoms with Gasteiger partial charge in [-0.2, -0.15) is 0 Å². The molecule has 20 heavy (non-hydrogen) atoms. The number of rotatable bonds is 3. The first-order valence-electron chi connectivity index (χ1n) is 5.92. The Kier molecular flexibility index (Phi) is 3.89. The minimum absolute atomic E-state index is 0.254. The third-order valence-electron chi connectivity index (χ3n) is 3.29. The summed E-state index contributed by atoms with van der Waals surface area (Å²) in [6, 6.07) is 5.57. The van der Waals surface area contributed by atoms with E-state index in [1.165, 1.54) is 24.3 Å². The summed E-state index contributed by atoms with van der Waals surface area (Å²) in [6.45, 7) is 1.03. The van der Waals surface area contributed by atoms with Gasteiger partial charge < -0.3 is 25.2 Å². The average molecular weight is 304 g/mol. The smallest absolute Gasteiger partial charge is 0.306 e. The van der Waals surface area contributed by atoms with Gasteiger partial charge in [0, 0.05) is 0 Å². The van der Waals surface area contributed by atoms with Crippen LogP contribution in [0.2, 0.25) is 0 Å². The monoisotopic (exact) mass is 304 g/mol. The zero-order valence-electron chi connectivity index (χ0n) is 10.7. The van der Waals surface area contributed by atoms with Crippen molar-refractivity contribution in [3.63, 3.8) is 0 Å². The summed E-state index contributed by atoms with van der Waals surface area (Å²) in [4.78, 5) is -0.254. The van der Waals surface area contributed by atoms with Crippen molar-refractivity contribution in [2.75, 3.05) is 6.61 Å². The Morgan fingerprint density at radius 1 is 1.25 bits per heavy atom. The highest BCUT2D eigenvalue weighted by Crippen LogP contribution is 2.37.